The summed E-state index contributed by atoms with van der Waals surface area (Å²) in [7, 11) is 1.27. The topological polar surface area (TPSA) is 94.5 Å². The quantitative estimate of drug-likeness (QED) is 0.534. The van der Waals surface area contributed by atoms with Crippen molar-refractivity contribution >= 4 is 12.0 Å². The number of phenols is 1. The van der Waals surface area contributed by atoms with Gasteiger partial charge in [0, 0.05) is 30.4 Å². The first-order chi connectivity index (χ1) is 14.4. The van der Waals surface area contributed by atoms with Gasteiger partial charge in [0.05, 0.1) is 25.9 Å². The highest BCUT2D eigenvalue weighted by Gasteiger charge is 2.56. The molecule has 0 aromatic heterocycles. The Morgan fingerprint density at radius 1 is 1.37 bits per heavy atom. The van der Waals surface area contributed by atoms with Crippen LogP contribution >= 0.6 is 0 Å². The first-order valence-electron chi connectivity index (χ1n) is 10.7. The van der Waals surface area contributed by atoms with Crippen molar-refractivity contribution < 1.29 is 34.0 Å². The predicted molar refractivity (Wildman–Crippen MR) is 109 cm³/mol. The lowest BCUT2D eigenvalue weighted by Crippen LogP contribution is -2.47. The highest BCUT2D eigenvalue weighted by Crippen LogP contribution is 2.55. The molecule has 1 aromatic rings. The number of rotatable bonds is 6. The van der Waals surface area contributed by atoms with Crippen LogP contribution in [-0.4, -0.2) is 42.3 Å². The molecule has 3 aliphatic rings. The number of hydrogen-bond acceptors (Lipinski definition) is 7. The number of phenolic OH excluding ortho intramolecular Hbond substituents is 1. The fourth-order valence-electron chi connectivity index (χ4n) is 4.74. The van der Waals surface area contributed by atoms with Crippen LogP contribution in [0.1, 0.15) is 73.5 Å². The molecular weight excluding hydrogens is 388 g/mol. The highest BCUT2D eigenvalue weighted by atomic mass is 16.7. The third-order valence-electron chi connectivity index (χ3n) is 6.60. The molecule has 0 aliphatic carbocycles. The third kappa shape index (κ3) is 3.34. The minimum atomic E-state index is -1.04. The van der Waals surface area contributed by atoms with Gasteiger partial charge in [-0.2, -0.15) is 0 Å². The van der Waals surface area contributed by atoms with Crippen molar-refractivity contribution in [1.82, 2.24) is 0 Å². The first kappa shape index (κ1) is 21.0. The van der Waals surface area contributed by atoms with Crippen LogP contribution in [0.5, 0.6) is 11.5 Å². The van der Waals surface area contributed by atoms with Crippen molar-refractivity contribution in [2.45, 2.75) is 57.8 Å². The van der Waals surface area contributed by atoms with Crippen molar-refractivity contribution in [3.63, 3.8) is 0 Å². The van der Waals surface area contributed by atoms with Gasteiger partial charge >= 0.3 is 5.97 Å². The number of allylic oxidation sites excluding steroid dienone is 1. The number of ether oxygens (including phenoxy) is 4. The van der Waals surface area contributed by atoms with E-state index in [4.69, 9.17) is 18.9 Å². The van der Waals surface area contributed by atoms with Crippen molar-refractivity contribution in [1.29, 1.82) is 0 Å². The van der Waals surface area contributed by atoms with Crippen LogP contribution in [0.3, 0.4) is 0 Å². The average Bonchev–Trinajstić information content (AvgIpc) is 3.02. The molecule has 0 amide bonds. The summed E-state index contributed by atoms with van der Waals surface area (Å²) in [6, 6.07) is 1.58. The van der Waals surface area contributed by atoms with Crippen molar-refractivity contribution in [3.05, 3.63) is 28.5 Å². The maximum Gasteiger partial charge on any atom is 0.345 e. The molecular formula is C23H30O7. The Labute approximate surface area is 176 Å². The van der Waals surface area contributed by atoms with E-state index in [9.17, 15) is 15.0 Å². The van der Waals surface area contributed by atoms with Crippen LogP contribution in [0, 0.1) is 11.8 Å². The normalized spacial score (nSPS) is 29.1. The van der Waals surface area contributed by atoms with Crippen molar-refractivity contribution in [3.8, 4) is 11.5 Å². The number of carbonyl (C=O) groups excluding carboxylic acids is 1. The number of aliphatic hydroxyl groups is 1. The monoisotopic (exact) mass is 418 g/mol. The molecule has 1 fully saturated rings. The number of benzene rings is 1. The summed E-state index contributed by atoms with van der Waals surface area (Å²) >= 11 is 0. The van der Waals surface area contributed by atoms with E-state index in [0.29, 0.717) is 13.0 Å². The molecule has 0 unspecified atom stereocenters. The van der Waals surface area contributed by atoms with Crippen LogP contribution in [0.25, 0.3) is 6.08 Å². The molecule has 7 heteroatoms. The van der Waals surface area contributed by atoms with Crippen LogP contribution in [0.15, 0.2) is 11.8 Å². The lowest BCUT2D eigenvalue weighted by Gasteiger charge is -2.44. The molecule has 164 valence electrons. The summed E-state index contributed by atoms with van der Waals surface area (Å²) in [6.07, 6.45) is 6.05. The summed E-state index contributed by atoms with van der Waals surface area (Å²) in [6.45, 7) is 4.48. The maximum atomic E-state index is 12.5. The zero-order valence-corrected chi connectivity index (χ0v) is 17.8. The van der Waals surface area contributed by atoms with E-state index in [1.165, 1.54) is 7.11 Å². The maximum absolute atomic E-state index is 12.5. The van der Waals surface area contributed by atoms with E-state index in [1.807, 2.05) is 13.0 Å². The van der Waals surface area contributed by atoms with Crippen molar-refractivity contribution in [2.24, 2.45) is 11.8 Å². The average molecular weight is 418 g/mol. The van der Waals surface area contributed by atoms with Gasteiger partial charge in [0.15, 0.2) is 0 Å². The number of methoxy groups -OCH3 is 1. The Morgan fingerprint density at radius 2 is 2.17 bits per heavy atom. The molecule has 1 spiro atoms. The molecule has 4 rings (SSSR count). The van der Waals surface area contributed by atoms with E-state index in [1.54, 1.807) is 6.07 Å². The molecule has 3 heterocycles. The van der Waals surface area contributed by atoms with Gasteiger partial charge in [-0.05, 0) is 24.1 Å². The van der Waals surface area contributed by atoms with E-state index in [2.05, 4.69) is 6.92 Å². The number of aliphatic hydroxyl groups excluding tert-OH is 1. The minimum Gasteiger partial charge on any atom is -0.507 e. The van der Waals surface area contributed by atoms with Gasteiger partial charge in [-0.15, -0.1) is 0 Å². The highest BCUT2D eigenvalue weighted by molar-refractivity contribution is 5.97. The standard InChI is InChI=1S/C23H30O7/c1-4-5-6-7-16-8-14-9-17(25)20(22(26)27-3)21-19(14)18(29-16)10-23(30-21)13(2)15(11-24)12-28-23/h8-9,13,15,18,24-25H,4-7,10-12H2,1-3H3/t13-,15+,18-,23-/m0/s1. The summed E-state index contributed by atoms with van der Waals surface area (Å²) in [5, 5.41) is 20.4. The van der Waals surface area contributed by atoms with Gasteiger partial charge in [0.2, 0.25) is 5.79 Å². The predicted octanol–water partition coefficient (Wildman–Crippen LogP) is 3.92. The van der Waals surface area contributed by atoms with Crippen LogP contribution in [-0.2, 0) is 14.2 Å². The Morgan fingerprint density at radius 3 is 2.83 bits per heavy atom. The zero-order valence-electron chi connectivity index (χ0n) is 17.8. The van der Waals surface area contributed by atoms with E-state index in [0.717, 1.165) is 42.6 Å². The molecule has 4 atom stereocenters. The summed E-state index contributed by atoms with van der Waals surface area (Å²) in [5.74, 6) is -0.992. The molecule has 0 saturated carbocycles. The number of aromatic hydroxyl groups is 1. The molecule has 30 heavy (non-hydrogen) atoms. The molecule has 3 aliphatic heterocycles. The van der Waals surface area contributed by atoms with E-state index < -0.39 is 11.8 Å². The Hall–Kier alpha value is -2.25. The molecule has 1 saturated heterocycles. The second-order valence-corrected chi connectivity index (χ2v) is 8.43. The molecule has 0 radical (unpaired) electrons. The van der Waals surface area contributed by atoms with Gasteiger partial charge in [-0.3, -0.25) is 0 Å². The first-order valence-corrected chi connectivity index (χ1v) is 10.7. The number of hydrogen-bond donors (Lipinski definition) is 2. The fraction of sp³-hybridized carbons (Fsp3) is 0.609. The molecule has 2 N–H and O–H groups in total. The number of unbranched alkanes of at least 4 members (excludes halogenated alkanes) is 2. The zero-order chi connectivity index (χ0) is 21.5. The molecule has 1 aromatic carbocycles. The van der Waals surface area contributed by atoms with Crippen LogP contribution in [0.2, 0.25) is 0 Å². The number of carbonyl (C=O) groups is 1. The van der Waals surface area contributed by atoms with Gasteiger partial charge in [0.1, 0.15) is 23.2 Å². The summed E-state index contributed by atoms with van der Waals surface area (Å²) < 4.78 is 23.7. The van der Waals surface area contributed by atoms with Crippen LogP contribution < -0.4 is 4.74 Å². The summed E-state index contributed by atoms with van der Waals surface area (Å²) in [4.78, 5) is 12.5. The Balaban J connectivity index is 1.80. The number of esters is 1. The van der Waals surface area contributed by atoms with Gasteiger partial charge < -0.3 is 29.2 Å². The van der Waals surface area contributed by atoms with E-state index >= 15 is 0 Å². The second kappa shape index (κ2) is 8.12. The molecule has 7 nitrogen and oxygen atoms in total. The third-order valence-corrected chi connectivity index (χ3v) is 6.60. The van der Waals surface area contributed by atoms with Crippen molar-refractivity contribution in [2.75, 3.05) is 20.3 Å². The Bertz CT molecular complexity index is 862. The lowest BCUT2D eigenvalue weighted by atomic mass is 9.81. The Kier molecular flexibility index (Phi) is 5.68. The molecule has 0 bridgehead atoms. The SMILES string of the molecule is CCCCCC1=Cc2cc(O)c(C(=O)OC)c3c2[C@H](C[C@]2(OC[C@@H](CO)[C@@H]2C)O3)O1. The minimum absolute atomic E-state index is 0.0119. The van der Waals surface area contributed by atoms with Gasteiger partial charge in [-0.1, -0.05) is 26.7 Å². The van der Waals surface area contributed by atoms with Gasteiger partial charge in [-0.25, -0.2) is 4.79 Å². The lowest BCUT2D eigenvalue weighted by molar-refractivity contribution is -0.203. The fourth-order valence-corrected chi connectivity index (χ4v) is 4.74. The second-order valence-electron chi connectivity index (χ2n) is 8.43. The van der Waals surface area contributed by atoms with Gasteiger partial charge in [0.25, 0.3) is 0 Å². The van der Waals surface area contributed by atoms with E-state index in [-0.39, 0.29) is 41.6 Å². The summed E-state index contributed by atoms with van der Waals surface area (Å²) in [5.41, 5.74) is 1.51. The smallest absolute Gasteiger partial charge is 0.345 e. The van der Waals surface area contributed by atoms with Crippen LogP contribution in [0.4, 0.5) is 0 Å². The largest absolute Gasteiger partial charge is 0.507 e.